The Hall–Kier alpha value is -1.01. The predicted octanol–water partition coefficient (Wildman–Crippen LogP) is 1.44. The largest absolute Gasteiger partial charge is 0.480 e. The van der Waals surface area contributed by atoms with Gasteiger partial charge >= 0.3 is 5.97 Å². The quantitative estimate of drug-likeness (QED) is 0.715. The van der Waals surface area contributed by atoms with Gasteiger partial charge in [-0.05, 0) is 11.3 Å². The highest BCUT2D eigenvalue weighted by Crippen LogP contribution is 2.34. The van der Waals surface area contributed by atoms with E-state index < -0.39 is 12.0 Å². The third-order valence-corrected chi connectivity index (χ3v) is 3.17. The van der Waals surface area contributed by atoms with Gasteiger partial charge in [0.05, 0.1) is 0 Å². The van der Waals surface area contributed by atoms with E-state index in [0.29, 0.717) is 12.3 Å². The van der Waals surface area contributed by atoms with Gasteiger partial charge in [0.2, 0.25) is 0 Å². The highest BCUT2D eigenvalue weighted by Gasteiger charge is 2.40. The summed E-state index contributed by atoms with van der Waals surface area (Å²) in [6, 6.07) is -0.492. The highest BCUT2D eigenvalue weighted by atomic mass is 16.4. The molecule has 1 atom stereocenters. The van der Waals surface area contributed by atoms with Gasteiger partial charge in [0.15, 0.2) is 0 Å². The van der Waals surface area contributed by atoms with Gasteiger partial charge in [0.25, 0.3) is 0 Å². The Morgan fingerprint density at radius 1 is 1.60 bits per heavy atom. The number of carbonyl (C=O) groups is 1. The molecule has 84 valence electrons. The minimum absolute atomic E-state index is 0.260. The fourth-order valence-corrected chi connectivity index (χ4v) is 1.80. The van der Waals surface area contributed by atoms with Crippen LogP contribution >= 0.6 is 0 Å². The predicted molar refractivity (Wildman–Crippen MR) is 59.4 cm³/mol. The van der Waals surface area contributed by atoms with Crippen molar-refractivity contribution in [2.45, 2.75) is 33.2 Å². The number of carboxylic acids is 1. The number of rotatable bonds is 3. The number of aliphatic carboxylic acids is 1. The Morgan fingerprint density at radius 3 is 2.47 bits per heavy atom. The zero-order chi connectivity index (χ0) is 11.6. The van der Waals surface area contributed by atoms with Crippen LogP contribution in [-0.2, 0) is 4.79 Å². The molecule has 0 aromatic rings. The first-order valence-corrected chi connectivity index (χ1v) is 5.26. The lowest BCUT2D eigenvalue weighted by molar-refractivity contribution is -0.147. The highest BCUT2D eigenvalue weighted by molar-refractivity contribution is 5.74. The maximum absolute atomic E-state index is 10.9. The Kier molecular flexibility index (Phi) is 3.41. The van der Waals surface area contributed by atoms with Crippen molar-refractivity contribution >= 4 is 5.97 Å². The molecule has 1 aliphatic heterocycles. The van der Waals surface area contributed by atoms with Crippen molar-refractivity contribution < 1.29 is 9.90 Å². The van der Waals surface area contributed by atoms with Crippen molar-refractivity contribution in [3.8, 4) is 12.3 Å². The molecule has 15 heavy (non-hydrogen) atoms. The number of hydrogen-bond donors (Lipinski definition) is 1. The zero-order valence-corrected chi connectivity index (χ0v) is 9.66. The lowest BCUT2D eigenvalue weighted by Crippen LogP contribution is -2.58. The molecule has 0 aromatic heterocycles. The smallest absolute Gasteiger partial charge is 0.321 e. The number of carboxylic acid groups (broad SMARTS) is 1. The number of likely N-dealkylation sites (tertiary alicyclic amines) is 1. The molecule has 3 nitrogen and oxygen atoms in total. The van der Waals surface area contributed by atoms with Crippen LogP contribution in [0.15, 0.2) is 0 Å². The van der Waals surface area contributed by atoms with Gasteiger partial charge in [-0.2, -0.15) is 0 Å². The fourth-order valence-electron chi connectivity index (χ4n) is 1.80. The maximum atomic E-state index is 10.9. The summed E-state index contributed by atoms with van der Waals surface area (Å²) in [5.41, 5.74) is 0.260. The second kappa shape index (κ2) is 4.24. The lowest BCUT2D eigenvalue weighted by Gasteiger charge is -2.48. The first-order valence-electron chi connectivity index (χ1n) is 5.26. The van der Waals surface area contributed by atoms with Crippen molar-refractivity contribution in [3.05, 3.63) is 0 Å². The summed E-state index contributed by atoms with van der Waals surface area (Å²) in [5.74, 6) is 2.20. The first kappa shape index (κ1) is 12.1. The van der Waals surface area contributed by atoms with Crippen LogP contribution in [0.1, 0.15) is 27.2 Å². The standard InChI is InChI=1S/C12H19NO2/c1-5-6-10(11(14)15)13-7-9(8-13)12(2,3)4/h1,9-10H,6-8H2,2-4H3,(H,14,15). The van der Waals surface area contributed by atoms with E-state index in [-0.39, 0.29) is 5.41 Å². The molecule has 1 rings (SSSR count). The summed E-state index contributed by atoms with van der Waals surface area (Å²) in [7, 11) is 0. The van der Waals surface area contributed by atoms with Crippen molar-refractivity contribution in [3.63, 3.8) is 0 Å². The summed E-state index contributed by atoms with van der Waals surface area (Å²) in [4.78, 5) is 12.9. The van der Waals surface area contributed by atoms with E-state index in [1.165, 1.54) is 0 Å². The first-order chi connectivity index (χ1) is 6.86. The van der Waals surface area contributed by atoms with E-state index in [2.05, 4.69) is 26.7 Å². The van der Waals surface area contributed by atoms with Crippen molar-refractivity contribution in [1.82, 2.24) is 4.90 Å². The molecule has 0 saturated carbocycles. The van der Waals surface area contributed by atoms with Crippen molar-refractivity contribution in [1.29, 1.82) is 0 Å². The molecular weight excluding hydrogens is 190 g/mol. The SMILES string of the molecule is C#CCC(C(=O)O)N1CC(C(C)(C)C)C1. The Morgan fingerprint density at radius 2 is 2.13 bits per heavy atom. The van der Waals surface area contributed by atoms with Crippen LogP contribution in [0.25, 0.3) is 0 Å². The topological polar surface area (TPSA) is 40.5 Å². The Balaban J connectivity index is 2.49. The average molecular weight is 209 g/mol. The number of nitrogens with zero attached hydrogens (tertiary/aromatic N) is 1. The molecule has 0 aromatic carbocycles. The summed E-state index contributed by atoms with van der Waals surface area (Å²) in [6.45, 7) is 8.26. The molecule has 0 radical (unpaired) electrons. The molecule has 0 aliphatic carbocycles. The molecule has 1 N–H and O–H groups in total. The summed E-state index contributed by atoms with van der Waals surface area (Å²) < 4.78 is 0. The van der Waals surface area contributed by atoms with Gasteiger partial charge in [-0.1, -0.05) is 20.8 Å². The fraction of sp³-hybridized carbons (Fsp3) is 0.750. The molecule has 0 bridgehead atoms. The third kappa shape index (κ3) is 2.73. The second-order valence-corrected chi connectivity index (χ2v) is 5.28. The van der Waals surface area contributed by atoms with Gasteiger partial charge in [-0.15, -0.1) is 12.3 Å². The number of hydrogen-bond acceptors (Lipinski definition) is 2. The van der Waals surface area contributed by atoms with Gasteiger partial charge in [0, 0.05) is 19.5 Å². The van der Waals surface area contributed by atoms with Crippen LogP contribution in [0.4, 0.5) is 0 Å². The molecule has 0 amide bonds. The summed E-state index contributed by atoms with van der Waals surface area (Å²) >= 11 is 0. The third-order valence-electron chi connectivity index (χ3n) is 3.17. The van der Waals surface area contributed by atoms with Crippen LogP contribution < -0.4 is 0 Å². The molecule has 1 saturated heterocycles. The van der Waals surface area contributed by atoms with Crippen LogP contribution in [0.5, 0.6) is 0 Å². The van der Waals surface area contributed by atoms with Gasteiger partial charge < -0.3 is 5.11 Å². The van der Waals surface area contributed by atoms with Crippen LogP contribution in [0, 0.1) is 23.7 Å². The Bertz CT molecular complexity index is 279. The molecule has 3 heteroatoms. The molecule has 0 spiro atoms. The van der Waals surface area contributed by atoms with Crippen LogP contribution in [-0.4, -0.2) is 35.1 Å². The van der Waals surface area contributed by atoms with E-state index in [1.807, 2.05) is 4.90 Å². The van der Waals surface area contributed by atoms with E-state index >= 15 is 0 Å². The van der Waals surface area contributed by atoms with E-state index in [0.717, 1.165) is 13.1 Å². The van der Waals surface area contributed by atoms with Gasteiger partial charge in [-0.25, -0.2) is 0 Å². The maximum Gasteiger partial charge on any atom is 0.321 e. The van der Waals surface area contributed by atoms with Gasteiger partial charge in [0.1, 0.15) is 6.04 Å². The minimum Gasteiger partial charge on any atom is -0.480 e. The van der Waals surface area contributed by atoms with Gasteiger partial charge in [-0.3, -0.25) is 9.69 Å². The Labute approximate surface area is 91.5 Å². The summed E-state index contributed by atoms with van der Waals surface area (Å²) in [6.07, 6.45) is 5.46. The zero-order valence-electron chi connectivity index (χ0n) is 9.66. The van der Waals surface area contributed by atoms with Crippen molar-refractivity contribution in [2.24, 2.45) is 11.3 Å². The molecule has 1 aliphatic rings. The monoisotopic (exact) mass is 209 g/mol. The van der Waals surface area contributed by atoms with Crippen LogP contribution in [0.2, 0.25) is 0 Å². The average Bonchev–Trinajstić information content (AvgIpc) is 1.97. The molecule has 1 fully saturated rings. The minimum atomic E-state index is -0.805. The van der Waals surface area contributed by atoms with Crippen LogP contribution in [0.3, 0.4) is 0 Å². The normalized spacial score (nSPS) is 20.4. The molecular formula is C12H19NO2. The summed E-state index contributed by atoms with van der Waals surface area (Å²) in [5, 5.41) is 8.99. The lowest BCUT2D eigenvalue weighted by atomic mass is 9.75. The van der Waals surface area contributed by atoms with E-state index in [4.69, 9.17) is 11.5 Å². The van der Waals surface area contributed by atoms with Crippen molar-refractivity contribution in [2.75, 3.05) is 13.1 Å². The number of terminal acetylenes is 1. The molecule has 1 unspecified atom stereocenters. The van der Waals surface area contributed by atoms with E-state index in [1.54, 1.807) is 0 Å². The molecule has 1 heterocycles. The van der Waals surface area contributed by atoms with E-state index in [9.17, 15) is 4.79 Å². The second-order valence-electron chi connectivity index (χ2n) is 5.28.